The molecule has 0 aliphatic carbocycles. The Morgan fingerprint density at radius 2 is 2.10 bits per heavy atom. The van der Waals surface area contributed by atoms with Crippen molar-refractivity contribution < 1.29 is 13.9 Å². The number of hydrogen-bond donors (Lipinski definition) is 2. The van der Waals surface area contributed by atoms with Gasteiger partial charge in [0.25, 0.3) is 0 Å². The molecular formula is C14H16FN3O2. The monoisotopic (exact) mass is 277 g/mol. The molecule has 0 saturated carbocycles. The maximum absolute atomic E-state index is 13.7. The highest BCUT2D eigenvalue weighted by Crippen LogP contribution is 2.26. The first-order valence-electron chi connectivity index (χ1n) is 6.14. The first-order chi connectivity index (χ1) is 9.63. The van der Waals surface area contributed by atoms with E-state index in [1.54, 1.807) is 24.3 Å². The van der Waals surface area contributed by atoms with E-state index in [9.17, 15) is 4.39 Å². The van der Waals surface area contributed by atoms with E-state index >= 15 is 0 Å². The van der Waals surface area contributed by atoms with Gasteiger partial charge in [-0.3, -0.25) is 0 Å². The van der Waals surface area contributed by atoms with Crippen LogP contribution in [0.3, 0.4) is 0 Å². The third kappa shape index (κ3) is 3.09. The van der Waals surface area contributed by atoms with Crippen LogP contribution in [0.5, 0.6) is 11.6 Å². The highest BCUT2D eigenvalue weighted by atomic mass is 19.1. The summed E-state index contributed by atoms with van der Waals surface area (Å²) in [7, 11) is 1.52. The Morgan fingerprint density at radius 3 is 2.80 bits per heavy atom. The van der Waals surface area contributed by atoms with Gasteiger partial charge >= 0.3 is 0 Å². The molecule has 2 aromatic rings. The minimum atomic E-state index is -0.401. The predicted octanol–water partition coefficient (Wildman–Crippen LogP) is 2.95. The van der Waals surface area contributed by atoms with Gasteiger partial charge in [-0.15, -0.1) is 0 Å². The molecule has 0 radical (unpaired) electrons. The van der Waals surface area contributed by atoms with Crippen LogP contribution in [0.1, 0.15) is 6.92 Å². The number of hydrogen-bond acceptors (Lipinski definition) is 5. The minimum absolute atomic E-state index is 0.268. The van der Waals surface area contributed by atoms with Gasteiger partial charge in [0.2, 0.25) is 5.88 Å². The van der Waals surface area contributed by atoms with Gasteiger partial charge in [0.15, 0.2) is 0 Å². The number of anilines is 3. The highest BCUT2D eigenvalue weighted by Gasteiger charge is 2.08. The van der Waals surface area contributed by atoms with Crippen LogP contribution in [-0.4, -0.2) is 18.7 Å². The van der Waals surface area contributed by atoms with Crippen molar-refractivity contribution in [3.8, 4) is 11.6 Å². The van der Waals surface area contributed by atoms with E-state index in [-0.39, 0.29) is 5.69 Å². The fourth-order valence-electron chi connectivity index (χ4n) is 1.64. The summed E-state index contributed by atoms with van der Waals surface area (Å²) >= 11 is 0. The van der Waals surface area contributed by atoms with Crippen LogP contribution in [0.2, 0.25) is 0 Å². The summed E-state index contributed by atoms with van der Waals surface area (Å²) in [6.07, 6.45) is 0. The third-order valence-electron chi connectivity index (χ3n) is 2.61. The highest BCUT2D eigenvalue weighted by molar-refractivity contribution is 5.62. The van der Waals surface area contributed by atoms with Crippen molar-refractivity contribution in [1.29, 1.82) is 0 Å². The Labute approximate surface area is 116 Å². The molecule has 0 bridgehead atoms. The van der Waals surface area contributed by atoms with Crippen molar-refractivity contribution >= 4 is 17.2 Å². The standard InChI is InChI=1S/C14H16FN3O2/c1-3-20-14-11(16)6-7-13(18-14)17-12-8-9(19-2)4-5-10(12)15/h4-8H,3,16H2,1-2H3,(H,17,18). The Morgan fingerprint density at radius 1 is 1.30 bits per heavy atom. The molecule has 1 heterocycles. The Hall–Kier alpha value is -2.50. The number of methoxy groups -OCH3 is 1. The van der Waals surface area contributed by atoms with Gasteiger partial charge in [-0.25, -0.2) is 4.39 Å². The molecule has 0 amide bonds. The molecule has 5 nitrogen and oxygen atoms in total. The maximum atomic E-state index is 13.7. The number of nitrogens with zero attached hydrogens (tertiary/aromatic N) is 1. The molecule has 1 aromatic carbocycles. The summed E-state index contributed by atoms with van der Waals surface area (Å²) in [5, 5.41) is 2.87. The van der Waals surface area contributed by atoms with Crippen LogP contribution in [0.4, 0.5) is 21.6 Å². The predicted molar refractivity (Wildman–Crippen MR) is 76.1 cm³/mol. The van der Waals surface area contributed by atoms with Gasteiger partial charge in [0.05, 0.1) is 25.1 Å². The van der Waals surface area contributed by atoms with Gasteiger partial charge in [0.1, 0.15) is 17.4 Å². The molecule has 0 saturated heterocycles. The second-order valence-corrected chi connectivity index (χ2v) is 3.99. The Balaban J connectivity index is 2.27. The molecule has 2 rings (SSSR count). The van der Waals surface area contributed by atoms with E-state index < -0.39 is 5.82 Å². The first-order valence-corrected chi connectivity index (χ1v) is 6.14. The van der Waals surface area contributed by atoms with Gasteiger partial charge < -0.3 is 20.5 Å². The molecule has 0 fully saturated rings. The zero-order valence-electron chi connectivity index (χ0n) is 11.3. The number of nitrogens with two attached hydrogens (primary N) is 1. The van der Waals surface area contributed by atoms with Gasteiger partial charge in [-0.2, -0.15) is 4.98 Å². The van der Waals surface area contributed by atoms with Crippen molar-refractivity contribution in [2.75, 3.05) is 24.8 Å². The summed E-state index contributed by atoms with van der Waals surface area (Å²) in [6, 6.07) is 7.72. The molecule has 0 atom stereocenters. The topological polar surface area (TPSA) is 69.4 Å². The van der Waals surface area contributed by atoms with E-state index in [1.807, 2.05) is 6.92 Å². The van der Waals surface area contributed by atoms with E-state index in [2.05, 4.69) is 10.3 Å². The van der Waals surface area contributed by atoms with Gasteiger partial charge in [-0.05, 0) is 31.2 Å². The second-order valence-electron chi connectivity index (χ2n) is 3.99. The van der Waals surface area contributed by atoms with Crippen molar-refractivity contribution in [3.63, 3.8) is 0 Å². The van der Waals surface area contributed by atoms with Crippen LogP contribution in [0, 0.1) is 5.82 Å². The molecule has 6 heteroatoms. The molecule has 3 N–H and O–H groups in total. The van der Waals surface area contributed by atoms with Crippen LogP contribution >= 0.6 is 0 Å². The molecule has 0 unspecified atom stereocenters. The van der Waals surface area contributed by atoms with Crippen molar-refractivity contribution in [1.82, 2.24) is 4.98 Å². The van der Waals surface area contributed by atoms with Crippen LogP contribution < -0.4 is 20.5 Å². The third-order valence-corrected chi connectivity index (χ3v) is 2.61. The zero-order valence-corrected chi connectivity index (χ0v) is 11.3. The summed E-state index contributed by atoms with van der Waals surface area (Å²) < 4.78 is 24.1. The molecule has 0 aliphatic heterocycles. The SMILES string of the molecule is CCOc1nc(Nc2cc(OC)ccc2F)ccc1N. The van der Waals surface area contributed by atoms with Crippen LogP contribution in [-0.2, 0) is 0 Å². The second kappa shape index (κ2) is 6.10. The molecule has 106 valence electrons. The normalized spacial score (nSPS) is 10.2. The Bertz CT molecular complexity index is 605. The average Bonchev–Trinajstić information content (AvgIpc) is 2.45. The lowest BCUT2D eigenvalue weighted by Crippen LogP contribution is -2.03. The van der Waals surface area contributed by atoms with Crippen molar-refractivity contribution in [3.05, 3.63) is 36.1 Å². The Kier molecular flexibility index (Phi) is 4.24. The number of halogens is 1. The fourth-order valence-corrected chi connectivity index (χ4v) is 1.64. The molecule has 1 aromatic heterocycles. The molecule has 0 aliphatic rings. The maximum Gasteiger partial charge on any atom is 0.239 e. The number of nitrogen functional groups attached to an aromatic ring is 1. The molecular weight excluding hydrogens is 261 g/mol. The van der Waals surface area contributed by atoms with Crippen molar-refractivity contribution in [2.24, 2.45) is 0 Å². The number of aromatic nitrogens is 1. The van der Waals surface area contributed by atoms with E-state index in [1.165, 1.54) is 13.2 Å². The molecule has 0 spiro atoms. The largest absolute Gasteiger partial charge is 0.497 e. The summed E-state index contributed by atoms with van der Waals surface area (Å²) in [6.45, 7) is 2.29. The average molecular weight is 277 g/mol. The number of pyridine rings is 1. The summed E-state index contributed by atoms with van der Waals surface area (Å²) in [5.41, 5.74) is 6.44. The van der Waals surface area contributed by atoms with Crippen LogP contribution in [0.25, 0.3) is 0 Å². The smallest absolute Gasteiger partial charge is 0.239 e. The number of nitrogens with one attached hydrogen (secondary N) is 1. The van der Waals surface area contributed by atoms with Crippen molar-refractivity contribution in [2.45, 2.75) is 6.92 Å². The number of benzene rings is 1. The zero-order chi connectivity index (χ0) is 14.5. The lowest BCUT2D eigenvalue weighted by atomic mass is 10.3. The van der Waals surface area contributed by atoms with E-state index in [4.69, 9.17) is 15.2 Å². The van der Waals surface area contributed by atoms with Gasteiger partial charge in [0, 0.05) is 6.07 Å². The van der Waals surface area contributed by atoms with Crippen LogP contribution in [0.15, 0.2) is 30.3 Å². The lowest BCUT2D eigenvalue weighted by molar-refractivity contribution is 0.329. The molecule has 20 heavy (non-hydrogen) atoms. The summed E-state index contributed by atoms with van der Waals surface area (Å²) in [4.78, 5) is 4.19. The first kappa shape index (κ1) is 13.9. The quantitative estimate of drug-likeness (QED) is 0.879. The summed E-state index contributed by atoms with van der Waals surface area (Å²) in [5.74, 6) is 0.910. The van der Waals surface area contributed by atoms with E-state index in [0.29, 0.717) is 29.7 Å². The van der Waals surface area contributed by atoms with E-state index in [0.717, 1.165) is 0 Å². The van der Waals surface area contributed by atoms with Gasteiger partial charge in [-0.1, -0.05) is 0 Å². The number of ether oxygens (including phenoxy) is 2. The lowest BCUT2D eigenvalue weighted by Gasteiger charge is -2.11. The minimum Gasteiger partial charge on any atom is -0.497 e. The number of rotatable bonds is 5. The fraction of sp³-hybridized carbons (Fsp3) is 0.214.